The van der Waals surface area contributed by atoms with Crippen LogP contribution in [0, 0.1) is 0 Å². The largest absolute Gasteiger partial charge is 0.445 e. The van der Waals surface area contributed by atoms with Crippen LogP contribution in [0.4, 0.5) is 9.59 Å². The number of carbonyl (C=O) groups is 2. The third-order valence-electron chi connectivity index (χ3n) is 5.04. The van der Waals surface area contributed by atoms with E-state index in [0.29, 0.717) is 25.9 Å². The second-order valence-corrected chi connectivity index (χ2v) is 8.22. The second-order valence-electron chi connectivity index (χ2n) is 8.22. The fraction of sp³-hybridized carbons (Fsp3) is 0.765. The first-order chi connectivity index (χ1) is 11.6. The van der Waals surface area contributed by atoms with Gasteiger partial charge in [-0.3, -0.25) is 0 Å². The van der Waals surface area contributed by atoms with Crippen LogP contribution >= 0.6 is 0 Å². The molecule has 25 heavy (non-hydrogen) atoms. The molecule has 0 radical (unpaired) electrons. The molecule has 0 unspecified atom stereocenters. The van der Waals surface area contributed by atoms with Gasteiger partial charge < -0.3 is 29.5 Å². The summed E-state index contributed by atoms with van der Waals surface area (Å²) in [7, 11) is 0. The van der Waals surface area contributed by atoms with Crippen molar-refractivity contribution in [1.29, 1.82) is 0 Å². The van der Waals surface area contributed by atoms with Gasteiger partial charge in [-0.05, 0) is 20.8 Å². The van der Waals surface area contributed by atoms with E-state index in [4.69, 9.17) is 14.2 Å². The topological polar surface area (TPSA) is 97.3 Å². The molecule has 3 aliphatic heterocycles. The number of amides is 2. The first-order valence-electron chi connectivity index (χ1n) is 8.43. The highest BCUT2D eigenvalue weighted by molar-refractivity contribution is 5.72. The minimum absolute atomic E-state index is 0.116. The van der Waals surface area contributed by atoms with Crippen molar-refractivity contribution in [3.05, 3.63) is 12.7 Å². The molecular formula is C17H26N2O6. The molecule has 4 fully saturated rings. The van der Waals surface area contributed by atoms with Crippen molar-refractivity contribution >= 4 is 12.2 Å². The molecule has 0 aromatic heterocycles. The highest BCUT2D eigenvalue weighted by Gasteiger charge is 2.79. The van der Waals surface area contributed by atoms with Crippen LogP contribution in [-0.4, -0.2) is 70.8 Å². The van der Waals surface area contributed by atoms with E-state index < -0.39 is 34.5 Å². The number of likely N-dealkylation sites (tertiary alicyclic amines) is 1. The molecule has 4 aliphatic rings. The Bertz CT molecular complexity index is 584. The molecule has 1 aliphatic carbocycles. The number of ether oxygens (including phenoxy) is 3. The fourth-order valence-corrected chi connectivity index (χ4v) is 4.06. The van der Waals surface area contributed by atoms with Gasteiger partial charge >= 0.3 is 12.2 Å². The molecule has 2 bridgehead atoms. The summed E-state index contributed by atoms with van der Waals surface area (Å²) in [6.45, 7) is 9.55. The van der Waals surface area contributed by atoms with E-state index in [0.717, 1.165) is 0 Å². The van der Waals surface area contributed by atoms with Crippen LogP contribution in [0.1, 0.15) is 33.6 Å². The molecule has 0 atom stereocenters. The van der Waals surface area contributed by atoms with Gasteiger partial charge in [0.2, 0.25) is 0 Å². The molecule has 8 heteroatoms. The number of hydrogen-bond acceptors (Lipinski definition) is 6. The van der Waals surface area contributed by atoms with Crippen LogP contribution in [0.3, 0.4) is 0 Å². The zero-order valence-electron chi connectivity index (χ0n) is 15.0. The van der Waals surface area contributed by atoms with E-state index in [-0.39, 0.29) is 13.2 Å². The zero-order valence-corrected chi connectivity index (χ0v) is 15.0. The summed E-state index contributed by atoms with van der Waals surface area (Å²) in [4.78, 5) is 25.8. The molecule has 1 saturated carbocycles. The Hall–Kier alpha value is -1.80. The highest BCUT2D eigenvalue weighted by Crippen LogP contribution is 2.63. The Labute approximate surface area is 147 Å². The van der Waals surface area contributed by atoms with Gasteiger partial charge in [0.25, 0.3) is 0 Å². The van der Waals surface area contributed by atoms with E-state index in [2.05, 4.69) is 11.9 Å². The van der Waals surface area contributed by atoms with Gasteiger partial charge in [0, 0.05) is 12.8 Å². The van der Waals surface area contributed by atoms with E-state index >= 15 is 0 Å². The molecule has 140 valence electrons. The van der Waals surface area contributed by atoms with Gasteiger partial charge in [0.05, 0.1) is 30.8 Å². The Kier molecular flexibility index (Phi) is 4.04. The lowest BCUT2D eigenvalue weighted by atomic mass is 9.60. The fourth-order valence-electron chi connectivity index (χ4n) is 4.06. The summed E-state index contributed by atoms with van der Waals surface area (Å²) in [5, 5.41) is 12.5. The number of aliphatic hydroxyl groups excluding tert-OH is 1. The maximum Gasteiger partial charge on any atom is 0.410 e. The first kappa shape index (κ1) is 18.0. The zero-order chi connectivity index (χ0) is 18.5. The van der Waals surface area contributed by atoms with Crippen LogP contribution in [0.15, 0.2) is 12.7 Å². The molecule has 3 saturated heterocycles. The van der Waals surface area contributed by atoms with Crippen molar-refractivity contribution in [2.24, 2.45) is 0 Å². The van der Waals surface area contributed by atoms with Gasteiger partial charge in [-0.1, -0.05) is 12.7 Å². The van der Waals surface area contributed by atoms with E-state index in [1.165, 1.54) is 6.08 Å². The predicted molar refractivity (Wildman–Crippen MR) is 88.1 cm³/mol. The molecular weight excluding hydrogens is 328 g/mol. The molecule has 0 aromatic rings. The van der Waals surface area contributed by atoms with Crippen molar-refractivity contribution in [1.82, 2.24) is 10.2 Å². The highest BCUT2D eigenvalue weighted by atomic mass is 16.6. The van der Waals surface area contributed by atoms with Gasteiger partial charge in [-0.2, -0.15) is 0 Å². The molecule has 0 aromatic carbocycles. The summed E-state index contributed by atoms with van der Waals surface area (Å²) in [6.07, 6.45) is 1.54. The van der Waals surface area contributed by atoms with Gasteiger partial charge in [0.1, 0.15) is 17.8 Å². The number of carbonyl (C=O) groups excluding carboxylic acids is 2. The minimum atomic E-state index is -0.708. The van der Waals surface area contributed by atoms with Crippen molar-refractivity contribution in [3.8, 4) is 0 Å². The maximum atomic E-state index is 12.2. The van der Waals surface area contributed by atoms with Crippen LogP contribution in [-0.2, 0) is 14.2 Å². The monoisotopic (exact) mass is 354 g/mol. The van der Waals surface area contributed by atoms with Crippen molar-refractivity contribution < 1.29 is 28.9 Å². The smallest absolute Gasteiger partial charge is 0.410 e. The van der Waals surface area contributed by atoms with E-state index in [1.54, 1.807) is 4.90 Å². The molecule has 2 N–H and O–H groups in total. The van der Waals surface area contributed by atoms with Crippen LogP contribution in [0.2, 0.25) is 0 Å². The summed E-state index contributed by atoms with van der Waals surface area (Å²) >= 11 is 0. The predicted octanol–water partition coefficient (Wildman–Crippen LogP) is 1.18. The third-order valence-corrected chi connectivity index (χ3v) is 5.04. The van der Waals surface area contributed by atoms with Gasteiger partial charge in [-0.25, -0.2) is 9.59 Å². The van der Waals surface area contributed by atoms with Crippen LogP contribution in [0.5, 0.6) is 0 Å². The minimum Gasteiger partial charge on any atom is -0.445 e. The molecule has 4 rings (SSSR count). The van der Waals surface area contributed by atoms with Crippen molar-refractivity contribution in [2.75, 3.05) is 26.3 Å². The quantitative estimate of drug-likeness (QED) is 0.736. The number of nitrogens with zero attached hydrogens (tertiary/aromatic N) is 1. The van der Waals surface area contributed by atoms with Gasteiger partial charge in [0.15, 0.2) is 0 Å². The standard InChI is InChI=1S/C17H26N2O6/c1-5-6-23-12(21)18-16-7-15(8-16,11-20)25-17(16)9-19(10-17)13(22)24-14(2,3)4/h5,20H,1,6-11H2,2-4H3,(H,18,21). The Morgan fingerprint density at radius 1 is 1.36 bits per heavy atom. The van der Waals surface area contributed by atoms with E-state index in [1.807, 2.05) is 20.8 Å². The lowest BCUT2D eigenvalue weighted by Crippen LogP contribution is -2.77. The number of nitrogens with one attached hydrogen (secondary N) is 1. The number of hydrogen-bond donors (Lipinski definition) is 2. The normalized spacial score (nSPS) is 31.8. The summed E-state index contributed by atoms with van der Waals surface area (Å²) in [5.74, 6) is 0. The van der Waals surface area contributed by atoms with Crippen molar-refractivity contribution in [3.63, 3.8) is 0 Å². The Morgan fingerprint density at radius 2 is 2.00 bits per heavy atom. The third kappa shape index (κ3) is 2.87. The molecule has 2 amide bonds. The molecule has 3 heterocycles. The summed E-state index contributed by atoms with van der Waals surface area (Å²) < 4.78 is 16.5. The molecule has 1 spiro atoms. The lowest BCUT2D eigenvalue weighted by Gasteiger charge is -2.54. The Balaban J connectivity index is 1.67. The second kappa shape index (κ2) is 5.60. The van der Waals surface area contributed by atoms with Crippen LogP contribution < -0.4 is 5.32 Å². The lowest BCUT2D eigenvalue weighted by molar-refractivity contribution is -0.152. The number of alkyl carbamates (subject to hydrolysis) is 1. The number of rotatable bonds is 4. The number of aliphatic hydroxyl groups is 1. The van der Waals surface area contributed by atoms with Crippen molar-refractivity contribution in [2.45, 2.75) is 56.0 Å². The first-order valence-corrected chi connectivity index (χ1v) is 8.43. The summed E-state index contributed by atoms with van der Waals surface area (Å²) in [6, 6.07) is 0. The summed E-state index contributed by atoms with van der Waals surface area (Å²) in [5.41, 5.74) is -2.56. The maximum absolute atomic E-state index is 12.2. The van der Waals surface area contributed by atoms with Crippen LogP contribution in [0.25, 0.3) is 0 Å². The Morgan fingerprint density at radius 3 is 2.52 bits per heavy atom. The average Bonchev–Trinajstić information content (AvgIpc) is 2.87. The SMILES string of the molecule is C=CCOC(=O)NC12CC(CO)(C1)OC21CN(C(=O)OC(C)(C)C)C1. The van der Waals surface area contributed by atoms with E-state index in [9.17, 15) is 14.7 Å². The average molecular weight is 354 g/mol. The van der Waals surface area contributed by atoms with Gasteiger partial charge in [-0.15, -0.1) is 0 Å². The molecule has 8 nitrogen and oxygen atoms in total.